The van der Waals surface area contributed by atoms with Crippen molar-refractivity contribution in [2.45, 2.75) is 24.9 Å². The highest BCUT2D eigenvalue weighted by Crippen LogP contribution is 2.61. The summed E-state index contributed by atoms with van der Waals surface area (Å²) in [5.41, 5.74) is 0.731. The lowest BCUT2D eigenvalue weighted by Crippen LogP contribution is -2.48. The zero-order valence-corrected chi connectivity index (χ0v) is 20.5. The van der Waals surface area contributed by atoms with Crippen LogP contribution in [0.1, 0.15) is 44.7 Å². The number of ketones is 3. The van der Waals surface area contributed by atoms with Gasteiger partial charge in [0.2, 0.25) is 0 Å². The van der Waals surface area contributed by atoms with Gasteiger partial charge in [-0.1, -0.05) is 36.4 Å². The molecular formula is C30H24FNO5. The van der Waals surface area contributed by atoms with E-state index in [-0.39, 0.29) is 17.3 Å². The van der Waals surface area contributed by atoms with Crippen molar-refractivity contribution in [1.82, 2.24) is 0 Å². The van der Waals surface area contributed by atoms with Crippen molar-refractivity contribution in [3.63, 3.8) is 0 Å². The number of methoxy groups -OCH3 is 2. The molecule has 3 aliphatic rings. The van der Waals surface area contributed by atoms with Crippen LogP contribution >= 0.6 is 0 Å². The number of ether oxygens (including phenoxy) is 2. The summed E-state index contributed by atoms with van der Waals surface area (Å²) in [5, 5.41) is 0. The number of nitrogens with zero attached hydrogens (tertiary/aromatic N) is 1. The second-order valence-corrected chi connectivity index (χ2v) is 9.63. The fourth-order valence-electron chi connectivity index (χ4n) is 6.53. The zero-order valence-electron chi connectivity index (χ0n) is 20.5. The van der Waals surface area contributed by atoms with Gasteiger partial charge in [0.15, 0.2) is 17.3 Å². The van der Waals surface area contributed by atoms with Gasteiger partial charge in [-0.15, -0.1) is 0 Å². The van der Waals surface area contributed by atoms with Gasteiger partial charge in [0.1, 0.15) is 22.7 Å². The van der Waals surface area contributed by atoms with Gasteiger partial charge in [0, 0.05) is 33.9 Å². The molecule has 0 bridgehead atoms. The van der Waals surface area contributed by atoms with Gasteiger partial charge >= 0.3 is 0 Å². The molecule has 186 valence electrons. The Bertz CT molecular complexity index is 1490. The van der Waals surface area contributed by atoms with Crippen LogP contribution in [0.4, 0.5) is 10.1 Å². The Labute approximate surface area is 213 Å². The summed E-state index contributed by atoms with van der Waals surface area (Å²) >= 11 is 0. The number of anilines is 1. The molecule has 0 amide bonds. The molecule has 3 aromatic rings. The number of halogens is 1. The molecule has 0 radical (unpaired) electrons. The standard InChI is InChI=1S/C30H24FNO5/c1-16(33)27-26(22-15-19(36-2)10-12-24(22)37-3)30(28(34)20-6-4-5-7-21(20)29(30)35)25-13-8-17-14-18(31)9-11-23(17)32(25)27/h4-15,25-27H,1-3H3/t25-,26-,27-/m1/s1. The Balaban J connectivity index is 1.71. The minimum atomic E-state index is -1.64. The molecule has 2 heterocycles. The van der Waals surface area contributed by atoms with Crippen LogP contribution < -0.4 is 14.4 Å². The van der Waals surface area contributed by atoms with Gasteiger partial charge in [-0.25, -0.2) is 4.39 Å². The lowest BCUT2D eigenvalue weighted by molar-refractivity contribution is -0.118. The van der Waals surface area contributed by atoms with E-state index in [9.17, 15) is 18.8 Å². The van der Waals surface area contributed by atoms with E-state index in [1.165, 1.54) is 33.3 Å². The van der Waals surface area contributed by atoms with E-state index in [1.807, 2.05) is 4.90 Å². The van der Waals surface area contributed by atoms with Crippen molar-refractivity contribution >= 4 is 29.1 Å². The minimum Gasteiger partial charge on any atom is -0.497 e. The molecule has 6 rings (SSSR count). The smallest absolute Gasteiger partial charge is 0.180 e. The summed E-state index contributed by atoms with van der Waals surface area (Å²) < 4.78 is 25.3. The predicted molar refractivity (Wildman–Crippen MR) is 136 cm³/mol. The molecule has 1 fully saturated rings. The summed E-state index contributed by atoms with van der Waals surface area (Å²) in [6.45, 7) is 1.46. The molecular weight excluding hydrogens is 473 g/mol. The van der Waals surface area contributed by atoms with Crippen molar-refractivity contribution in [2.24, 2.45) is 5.41 Å². The molecule has 1 spiro atoms. The van der Waals surface area contributed by atoms with Crippen LogP contribution in [0.25, 0.3) is 6.08 Å². The largest absolute Gasteiger partial charge is 0.497 e. The highest BCUT2D eigenvalue weighted by molar-refractivity contribution is 6.32. The molecule has 1 aliphatic carbocycles. The van der Waals surface area contributed by atoms with Crippen molar-refractivity contribution in [2.75, 3.05) is 19.1 Å². The molecule has 7 heteroatoms. The number of Topliss-reactive ketones (excluding diaryl/α,β-unsaturated/α-hetero) is 3. The number of carbonyl (C=O) groups excluding carboxylic acids is 3. The first-order chi connectivity index (χ1) is 17.8. The molecule has 1 saturated heterocycles. The fourth-order valence-corrected chi connectivity index (χ4v) is 6.53. The Morgan fingerprint density at radius 1 is 0.946 bits per heavy atom. The molecule has 3 atom stereocenters. The summed E-state index contributed by atoms with van der Waals surface area (Å²) in [5.74, 6) is -1.26. The van der Waals surface area contributed by atoms with E-state index < -0.39 is 29.2 Å². The van der Waals surface area contributed by atoms with E-state index in [1.54, 1.807) is 60.7 Å². The Morgan fingerprint density at radius 3 is 2.27 bits per heavy atom. The molecule has 3 aromatic carbocycles. The molecule has 2 aliphatic heterocycles. The molecule has 37 heavy (non-hydrogen) atoms. The summed E-state index contributed by atoms with van der Waals surface area (Å²) in [6, 6.07) is 14.6. The van der Waals surface area contributed by atoms with Gasteiger partial charge in [0.25, 0.3) is 0 Å². The summed E-state index contributed by atoms with van der Waals surface area (Å²) in [4.78, 5) is 44.2. The van der Waals surface area contributed by atoms with Gasteiger partial charge < -0.3 is 14.4 Å². The summed E-state index contributed by atoms with van der Waals surface area (Å²) in [7, 11) is 3.03. The first-order valence-corrected chi connectivity index (χ1v) is 12.0. The number of rotatable bonds is 4. The number of hydrogen-bond acceptors (Lipinski definition) is 6. The van der Waals surface area contributed by atoms with Crippen LogP contribution in [0.5, 0.6) is 11.5 Å². The topological polar surface area (TPSA) is 72.9 Å². The van der Waals surface area contributed by atoms with Crippen molar-refractivity contribution < 1.29 is 28.2 Å². The van der Waals surface area contributed by atoms with E-state index in [4.69, 9.17) is 9.47 Å². The lowest BCUT2D eigenvalue weighted by Gasteiger charge is -2.37. The zero-order chi connectivity index (χ0) is 26.1. The number of hydrogen-bond donors (Lipinski definition) is 0. The van der Waals surface area contributed by atoms with Gasteiger partial charge in [0.05, 0.1) is 26.3 Å². The van der Waals surface area contributed by atoms with Crippen molar-refractivity contribution in [3.8, 4) is 11.5 Å². The SMILES string of the molecule is COc1ccc(OC)c([C@@H]2[C@@H](C(C)=O)N3c4ccc(F)cc4C=C[C@@H]3C23C(=O)c2ccccc2C3=O)c1. The number of fused-ring (bicyclic) bond motifs is 5. The minimum absolute atomic E-state index is 0.223. The second kappa shape index (κ2) is 8.13. The van der Waals surface area contributed by atoms with Crippen LogP contribution in [-0.2, 0) is 4.79 Å². The molecule has 0 N–H and O–H groups in total. The Hall–Kier alpha value is -4.26. The molecule has 0 unspecified atom stereocenters. The fraction of sp³-hybridized carbons (Fsp3) is 0.233. The quantitative estimate of drug-likeness (QED) is 0.479. The molecule has 6 nitrogen and oxygen atoms in total. The monoisotopic (exact) mass is 497 g/mol. The predicted octanol–water partition coefficient (Wildman–Crippen LogP) is 4.87. The number of benzene rings is 3. The van der Waals surface area contributed by atoms with E-state index in [2.05, 4.69) is 0 Å². The summed E-state index contributed by atoms with van der Waals surface area (Å²) in [6.07, 6.45) is 3.49. The maximum absolute atomic E-state index is 14.4. The first-order valence-electron chi connectivity index (χ1n) is 12.0. The average molecular weight is 498 g/mol. The second-order valence-electron chi connectivity index (χ2n) is 9.63. The van der Waals surface area contributed by atoms with Crippen LogP contribution in [0.3, 0.4) is 0 Å². The first kappa shape index (κ1) is 23.2. The highest BCUT2D eigenvalue weighted by Gasteiger charge is 2.71. The van der Waals surface area contributed by atoms with Crippen LogP contribution in [-0.4, -0.2) is 43.7 Å². The normalized spacial score (nSPS) is 22.6. The number of carbonyl (C=O) groups is 3. The maximum atomic E-state index is 14.4. The van der Waals surface area contributed by atoms with Crippen LogP contribution in [0, 0.1) is 11.2 Å². The Kier molecular flexibility index (Phi) is 5.09. The average Bonchev–Trinajstić information content (AvgIpc) is 3.34. The van der Waals surface area contributed by atoms with Gasteiger partial charge in [-0.3, -0.25) is 14.4 Å². The highest BCUT2D eigenvalue weighted by atomic mass is 19.1. The van der Waals surface area contributed by atoms with E-state index in [0.29, 0.717) is 39.4 Å². The maximum Gasteiger partial charge on any atom is 0.180 e. The van der Waals surface area contributed by atoms with Crippen LogP contribution in [0.15, 0.2) is 66.7 Å². The van der Waals surface area contributed by atoms with E-state index >= 15 is 0 Å². The van der Waals surface area contributed by atoms with E-state index in [0.717, 1.165) is 0 Å². The Morgan fingerprint density at radius 2 is 1.65 bits per heavy atom. The molecule has 0 aromatic heterocycles. The van der Waals surface area contributed by atoms with Gasteiger partial charge in [-0.05, 0) is 43.3 Å². The lowest BCUT2D eigenvalue weighted by atomic mass is 9.64. The third-order valence-electron chi connectivity index (χ3n) is 7.95. The third kappa shape index (κ3) is 2.94. The van der Waals surface area contributed by atoms with Crippen molar-refractivity contribution in [3.05, 3.63) is 94.8 Å². The molecule has 0 saturated carbocycles. The van der Waals surface area contributed by atoms with Gasteiger partial charge in [-0.2, -0.15) is 0 Å². The van der Waals surface area contributed by atoms with Crippen LogP contribution in [0.2, 0.25) is 0 Å². The third-order valence-corrected chi connectivity index (χ3v) is 7.95. The van der Waals surface area contributed by atoms with Crippen molar-refractivity contribution in [1.29, 1.82) is 0 Å².